The molecule has 12 heavy (non-hydrogen) atoms. The fraction of sp³-hybridized carbons (Fsp3) is 0.667. The van der Waals surface area contributed by atoms with Crippen molar-refractivity contribution < 1.29 is 4.74 Å². The van der Waals surface area contributed by atoms with Gasteiger partial charge >= 0.3 is 0 Å². The lowest BCUT2D eigenvalue weighted by Gasteiger charge is -2.06. The van der Waals surface area contributed by atoms with Crippen molar-refractivity contribution in [2.45, 2.75) is 32.3 Å². The molecule has 1 rings (SSSR count). The SMILES string of the molecule is CCC(C=NC)=C(N)OC1CC1. The van der Waals surface area contributed by atoms with Gasteiger partial charge in [-0.05, 0) is 19.3 Å². The Labute approximate surface area is 73.3 Å². The molecule has 0 heterocycles. The van der Waals surface area contributed by atoms with E-state index in [2.05, 4.69) is 4.99 Å². The molecular formula is C9H16N2O. The molecule has 0 aliphatic heterocycles. The monoisotopic (exact) mass is 168 g/mol. The second-order valence-corrected chi connectivity index (χ2v) is 2.95. The third kappa shape index (κ3) is 2.57. The van der Waals surface area contributed by atoms with E-state index in [0.29, 0.717) is 12.0 Å². The Morgan fingerprint density at radius 2 is 2.33 bits per heavy atom. The van der Waals surface area contributed by atoms with Crippen molar-refractivity contribution in [1.29, 1.82) is 0 Å². The van der Waals surface area contributed by atoms with Gasteiger partial charge in [0.1, 0.15) is 6.10 Å². The van der Waals surface area contributed by atoms with Crippen LogP contribution in [0.15, 0.2) is 16.4 Å². The molecule has 0 unspecified atom stereocenters. The highest BCUT2D eigenvalue weighted by Crippen LogP contribution is 2.25. The van der Waals surface area contributed by atoms with Gasteiger partial charge in [-0.3, -0.25) is 4.99 Å². The van der Waals surface area contributed by atoms with Crippen molar-refractivity contribution in [2.75, 3.05) is 7.05 Å². The van der Waals surface area contributed by atoms with Crippen molar-refractivity contribution in [3.8, 4) is 0 Å². The molecular weight excluding hydrogens is 152 g/mol. The van der Waals surface area contributed by atoms with E-state index in [1.807, 2.05) is 6.92 Å². The van der Waals surface area contributed by atoms with Gasteiger partial charge in [0.25, 0.3) is 0 Å². The number of nitrogens with zero attached hydrogens (tertiary/aromatic N) is 1. The summed E-state index contributed by atoms with van der Waals surface area (Å²) in [6, 6.07) is 0. The second-order valence-electron chi connectivity index (χ2n) is 2.95. The molecule has 0 saturated heterocycles. The maximum Gasteiger partial charge on any atom is 0.189 e. The summed E-state index contributed by atoms with van der Waals surface area (Å²) in [4.78, 5) is 3.91. The van der Waals surface area contributed by atoms with Gasteiger partial charge in [0.15, 0.2) is 5.88 Å². The lowest BCUT2D eigenvalue weighted by Crippen LogP contribution is -2.09. The van der Waals surface area contributed by atoms with Gasteiger partial charge in [-0.25, -0.2) is 0 Å². The second kappa shape index (κ2) is 4.14. The molecule has 0 atom stereocenters. The average molecular weight is 168 g/mol. The van der Waals surface area contributed by atoms with E-state index in [9.17, 15) is 0 Å². The fourth-order valence-corrected chi connectivity index (χ4v) is 0.926. The molecule has 1 aliphatic rings. The topological polar surface area (TPSA) is 47.6 Å². The number of ether oxygens (including phenoxy) is 1. The van der Waals surface area contributed by atoms with Gasteiger partial charge in [-0.15, -0.1) is 0 Å². The van der Waals surface area contributed by atoms with Crippen molar-refractivity contribution >= 4 is 6.21 Å². The first-order valence-electron chi connectivity index (χ1n) is 4.35. The van der Waals surface area contributed by atoms with Crippen LogP contribution in [-0.4, -0.2) is 19.4 Å². The molecule has 1 saturated carbocycles. The van der Waals surface area contributed by atoms with Crippen molar-refractivity contribution in [3.63, 3.8) is 0 Å². The first kappa shape index (κ1) is 9.10. The largest absolute Gasteiger partial charge is 0.476 e. The minimum Gasteiger partial charge on any atom is -0.476 e. The summed E-state index contributed by atoms with van der Waals surface area (Å²) in [6.45, 7) is 2.04. The third-order valence-corrected chi connectivity index (χ3v) is 1.80. The number of hydrogen-bond donors (Lipinski definition) is 1. The molecule has 0 amide bonds. The molecule has 0 bridgehead atoms. The average Bonchev–Trinajstić information content (AvgIpc) is 2.83. The molecule has 68 valence electrons. The Bertz CT molecular complexity index is 205. The third-order valence-electron chi connectivity index (χ3n) is 1.80. The van der Waals surface area contributed by atoms with E-state index in [4.69, 9.17) is 10.5 Å². The summed E-state index contributed by atoms with van der Waals surface area (Å²) in [5.74, 6) is 0.547. The zero-order valence-electron chi connectivity index (χ0n) is 7.71. The zero-order valence-corrected chi connectivity index (χ0v) is 7.71. The van der Waals surface area contributed by atoms with Crippen molar-refractivity contribution in [2.24, 2.45) is 10.7 Å². The number of aliphatic imine (C=N–C) groups is 1. The first-order valence-corrected chi connectivity index (χ1v) is 4.35. The van der Waals surface area contributed by atoms with Gasteiger partial charge in [-0.1, -0.05) is 6.92 Å². The van der Waals surface area contributed by atoms with Crippen LogP contribution >= 0.6 is 0 Å². The Hall–Kier alpha value is -0.990. The highest BCUT2D eigenvalue weighted by atomic mass is 16.5. The zero-order chi connectivity index (χ0) is 8.97. The lowest BCUT2D eigenvalue weighted by atomic mass is 10.2. The van der Waals surface area contributed by atoms with Crippen LogP contribution in [0.1, 0.15) is 26.2 Å². The minimum absolute atomic E-state index is 0.372. The minimum atomic E-state index is 0.372. The first-order chi connectivity index (χ1) is 5.77. The molecule has 0 aromatic rings. The van der Waals surface area contributed by atoms with Crippen LogP contribution in [0.4, 0.5) is 0 Å². The van der Waals surface area contributed by atoms with E-state index in [-0.39, 0.29) is 0 Å². The van der Waals surface area contributed by atoms with Crippen molar-refractivity contribution in [3.05, 3.63) is 11.5 Å². The summed E-state index contributed by atoms with van der Waals surface area (Å²) in [6.07, 6.45) is 5.28. The van der Waals surface area contributed by atoms with Gasteiger partial charge in [0, 0.05) is 18.8 Å². The van der Waals surface area contributed by atoms with Crippen LogP contribution in [0.25, 0.3) is 0 Å². The van der Waals surface area contributed by atoms with Gasteiger partial charge < -0.3 is 10.5 Å². The summed E-state index contributed by atoms with van der Waals surface area (Å²) in [5, 5.41) is 0. The van der Waals surface area contributed by atoms with Gasteiger partial charge in [0.05, 0.1) is 0 Å². The van der Waals surface area contributed by atoms with Crippen LogP contribution in [0, 0.1) is 0 Å². The normalized spacial score (nSPS) is 19.5. The van der Waals surface area contributed by atoms with Crippen LogP contribution < -0.4 is 5.73 Å². The predicted octanol–water partition coefficient (Wildman–Crippen LogP) is 1.45. The quantitative estimate of drug-likeness (QED) is 0.510. The van der Waals surface area contributed by atoms with Crippen LogP contribution in [-0.2, 0) is 4.74 Å². The van der Waals surface area contributed by atoms with E-state index in [1.165, 1.54) is 0 Å². The summed E-state index contributed by atoms with van der Waals surface area (Å²) in [7, 11) is 1.74. The summed E-state index contributed by atoms with van der Waals surface area (Å²) in [5.41, 5.74) is 6.71. The smallest absolute Gasteiger partial charge is 0.189 e. The molecule has 3 heteroatoms. The van der Waals surface area contributed by atoms with E-state index >= 15 is 0 Å². The molecule has 2 N–H and O–H groups in total. The Kier molecular flexibility index (Phi) is 3.14. The molecule has 0 radical (unpaired) electrons. The predicted molar refractivity (Wildman–Crippen MR) is 50.0 cm³/mol. The van der Waals surface area contributed by atoms with Crippen LogP contribution in [0.3, 0.4) is 0 Å². The molecule has 1 fully saturated rings. The molecule has 0 aromatic heterocycles. The lowest BCUT2D eigenvalue weighted by molar-refractivity contribution is 0.191. The van der Waals surface area contributed by atoms with Gasteiger partial charge in [0.2, 0.25) is 0 Å². The highest BCUT2D eigenvalue weighted by Gasteiger charge is 2.24. The maximum atomic E-state index is 5.72. The van der Waals surface area contributed by atoms with E-state index < -0.39 is 0 Å². The molecule has 3 nitrogen and oxygen atoms in total. The van der Waals surface area contributed by atoms with E-state index in [0.717, 1.165) is 24.8 Å². The molecule has 1 aliphatic carbocycles. The Morgan fingerprint density at radius 1 is 1.67 bits per heavy atom. The standard InChI is InChI=1S/C9H16N2O/c1-3-7(6-11-2)9(10)12-8-4-5-8/h6,8H,3-5,10H2,1-2H3. The number of allylic oxidation sites excluding steroid dienone is 1. The van der Waals surface area contributed by atoms with Gasteiger partial charge in [-0.2, -0.15) is 0 Å². The molecule has 0 aromatic carbocycles. The highest BCUT2D eigenvalue weighted by molar-refractivity contribution is 5.78. The molecule has 0 spiro atoms. The Balaban J connectivity index is 2.54. The number of rotatable bonds is 4. The van der Waals surface area contributed by atoms with E-state index in [1.54, 1.807) is 13.3 Å². The van der Waals surface area contributed by atoms with Crippen LogP contribution in [0.5, 0.6) is 0 Å². The van der Waals surface area contributed by atoms with Crippen LogP contribution in [0.2, 0.25) is 0 Å². The number of nitrogens with two attached hydrogens (primary N) is 1. The Morgan fingerprint density at radius 3 is 2.75 bits per heavy atom. The fourth-order valence-electron chi connectivity index (χ4n) is 0.926. The number of hydrogen-bond acceptors (Lipinski definition) is 3. The summed E-state index contributed by atoms with van der Waals surface area (Å²) >= 11 is 0. The maximum absolute atomic E-state index is 5.72. The van der Waals surface area contributed by atoms with Crippen molar-refractivity contribution in [1.82, 2.24) is 0 Å². The summed E-state index contributed by atoms with van der Waals surface area (Å²) < 4.78 is 5.43.